The van der Waals surface area contributed by atoms with Crippen molar-refractivity contribution in [1.29, 1.82) is 0 Å². The lowest BCUT2D eigenvalue weighted by atomic mass is 9.80. The van der Waals surface area contributed by atoms with Gasteiger partial charge in [0, 0.05) is 50.1 Å². The van der Waals surface area contributed by atoms with E-state index in [9.17, 15) is 14.3 Å². The highest BCUT2D eigenvalue weighted by Crippen LogP contribution is 2.39. The van der Waals surface area contributed by atoms with E-state index in [1.165, 1.54) is 12.5 Å². The highest BCUT2D eigenvalue weighted by molar-refractivity contribution is 5.73. The van der Waals surface area contributed by atoms with E-state index in [0.29, 0.717) is 18.4 Å². The van der Waals surface area contributed by atoms with Gasteiger partial charge < -0.3 is 10.0 Å². The van der Waals surface area contributed by atoms with Crippen molar-refractivity contribution in [3.63, 3.8) is 0 Å². The van der Waals surface area contributed by atoms with Gasteiger partial charge >= 0.3 is 5.97 Å². The number of fused-ring (bicyclic) bond motifs is 1. The van der Waals surface area contributed by atoms with E-state index in [1.54, 1.807) is 18.3 Å². The number of carboxylic acids is 1. The van der Waals surface area contributed by atoms with E-state index in [1.807, 2.05) is 22.7 Å². The van der Waals surface area contributed by atoms with E-state index in [-0.39, 0.29) is 17.7 Å². The second kappa shape index (κ2) is 10.5. The van der Waals surface area contributed by atoms with Gasteiger partial charge in [0.25, 0.3) is 0 Å². The van der Waals surface area contributed by atoms with Crippen molar-refractivity contribution in [3.05, 3.63) is 66.0 Å². The van der Waals surface area contributed by atoms with Crippen molar-refractivity contribution < 1.29 is 14.3 Å². The number of halogens is 1. The first-order valence-corrected chi connectivity index (χ1v) is 13.8. The Labute approximate surface area is 217 Å². The van der Waals surface area contributed by atoms with Crippen molar-refractivity contribution in [2.75, 3.05) is 32.7 Å². The lowest BCUT2D eigenvalue weighted by Crippen LogP contribution is -2.43. The summed E-state index contributed by atoms with van der Waals surface area (Å²) in [6.45, 7) is 4.32. The van der Waals surface area contributed by atoms with Crippen LogP contribution < -0.4 is 0 Å². The molecule has 37 heavy (non-hydrogen) atoms. The lowest BCUT2D eigenvalue weighted by Gasteiger charge is -2.34. The van der Waals surface area contributed by atoms with E-state index in [0.717, 1.165) is 75.3 Å². The maximum atomic E-state index is 14.2. The summed E-state index contributed by atoms with van der Waals surface area (Å²) in [7, 11) is 0. The van der Waals surface area contributed by atoms with Gasteiger partial charge in [-0.3, -0.25) is 14.1 Å². The van der Waals surface area contributed by atoms with Crippen molar-refractivity contribution >= 4 is 11.7 Å². The average molecular weight is 506 g/mol. The van der Waals surface area contributed by atoms with Crippen LogP contribution in [0, 0.1) is 17.7 Å². The third kappa shape index (κ3) is 5.27. The highest BCUT2D eigenvalue weighted by Gasteiger charge is 2.41. The summed E-state index contributed by atoms with van der Waals surface area (Å²) in [5.74, 6) is 1.19. The molecule has 1 saturated carbocycles. The molecule has 2 aliphatic heterocycles. The van der Waals surface area contributed by atoms with Crippen molar-refractivity contribution in [2.45, 2.75) is 56.4 Å². The third-order valence-corrected chi connectivity index (χ3v) is 9.01. The number of benzene rings is 1. The van der Waals surface area contributed by atoms with Crippen LogP contribution in [0.4, 0.5) is 4.39 Å². The van der Waals surface area contributed by atoms with Gasteiger partial charge in [0.2, 0.25) is 5.78 Å². The standard InChI is InChI=1S/C29H36FN5O2/c30-24-7-2-6-22(15-24)25-18-35(27(28(36)37)14-20-4-1-5-20)17-23(25)16-33-12-8-21(9-13-33)26-19-34-11-3-10-31-29(34)32-26/h2-3,6-7,10-11,15,19-21,23,25,27H,1,4-5,8-9,12-14,16-18H2,(H,36,37)/t23-,25+,27+/m0/s1. The Hall–Kier alpha value is -2.84. The van der Waals surface area contributed by atoms with E-state index >= 15 is 0 Å². The molecule has 3 aliphatic rings. The predicted octanol–water partition coefficient (Wildman–Crippen LogP) is 4.41. The minimum atomic E-state index is -0.715. The fourth-order valence-electron chi connectivity index (χ4n) is 6.70. The van der Waals surface area contributed by atoms with Crippen molar-refractivity contribution in [1.82, 2.24) is 24.2 Å². The molecule has 2 saturated heterocycles. The molecule has 7 nitrogen and oxygen atoms in total. The van der Waals surface area contributed by atoms with Crippen LogP contribution in [0.1, 0.15) is 61.6 Å². The molecule has 0 unspecified atom stereocenters. The van der Waals surface area contributed by atoms with Crippen molar-refractivity contribution in [2.24, 2.45) is 11.8 Å². The number of aromatic nitrogens is 3. The molecule has 3 fully saturated rings. The Balaban J connectivity index is 1.14. The Morgan fingerprint density at radius 1 is 1.14 bits per heavy atom. The van der Waals surface area contributed by atoms with Gasteiger partial charge in [-0.1, -0.05) is 31.4 Å². The molecule has 3 aromatic rings. The van der Waals surface area contributed by atoms with Gasteiger partial charge in [-0.15, -0.1) is 0 Å². The number of nitrogens with zero attached hydrogens (tertiary/aromatic N) is 5. The van der Waals surface area contributed by atoms with Crippen molar-refractivity contribution in [3.8, 4) is 0 Å². The van der Waals surface area contributed by atoms with Gasteiger partial charge in [0.05, 0.1) is 5.69 Å². The predicted molar refractivity (Wildman–Crippen MR) is 139 cm³/mol. The van der Waals surface area contributed by atoms with Gasteiger partial charge in [0.15, 0.2) is 0 Å². The topological polar surface area (TPSA) is 74.0 Å². The van der Waals surface area contributed by atoms with Gasteiger partial charge in [-0.05, 0) is 68.0 Å². The number of piperidine rings is 1. The minimum absolute atomic E-state index is 0.140. The molecule has 0 amide bonds. The van der Waals surface area contributed by atoms with Gasteiger partial charge in [-0.2, -0.15) is 0 Å². The summed E-state index contributed by atoms with van der Waals surface area (Å²) in [5.41, 5.74) is 2.11. The summed E-state index contributed by atoms with van der Waals surface area (Å²) in [6.07, 6.45) is 12.2. The number of likely N-dealkylation sites (tertiary alicyclic amines) is 2. The molecule has 4 heterocycles. The molecular weight excluding hydrogens is 469 g/mol. The summed E-state index contributed by atoms with van der Waals surface area (Å²) in [5, 5.41) is 10.1. The lowest BCUT2D eigenvalue weighted by molar-refractivity contribution is -0.144. The van der Waals surface area contributed by atoms with E-state index in [4.69, 9.17) is 4.98 Å². The van der Waals surface area contributed by atoms with Crippen LogP contribution in [0.2, 0.25) is 0 Å². The molecule has 2 aromatic heterocycles. The maximum absolute atomic E-state index is 14.2. The van der Waals surface area contributed by atoms with Crippen LogP contribution in [-0.4, -0.2) is 74.0 Å². The number of aliphatic carboxylic acids is 1. The highest BCUT2D eigenvalue weighted by atomic mass is 19.1. The molecule has 1 aliphatic carbocycles. The fraction of sp³-hybridized carbons (Fsp3) is 0.552. The fourth-order valence-corrected chi connectivity index (χ4v) is 6.70. The molecule has 0 bridgehead atoms. The first kappa shape index (κ1) is 24.5. The zero-order valence-corrected chi connectivity index (χ0v) is 21.3. The monoisotopic (exact) mass is 505 g/mol. The second-order valence-electron chi connectivity index (χ2n) is 11.3. The Morgan fingerprint density at radius 2 is 1.97 bits per heavy atom. The summed E-state index contributed by atoms with van der Waals surface area (Å²) in [6, 6.07) is 8.40. The number of hydrogen-bond donors (Lipinski definition) is 1. The van der Waals surface area contributed by atoms with Crippen LogP contribution in [-0.2, 0) is 4.79 Å². The van der Waals surface area contributed by atoms with E-state index < -0.39 is 12.0 Å². The largest absolute Gasteiger partial charge is 0.480 e. The Kier molecular flexibility index (Phi) is 6.95. The summed E-state index contributed by atoms with van der Waals surface area (Å²) in [4.78, 5) is 26.1. The first-order valence-electron chi connectivity index (χ1n) is 13.8. The minimum Gasteiger partial charge on any atom is -0.480 e. The number of hydrogen-bond acceptors (Lipinski definition) is 5. The SMILES string of the molecule is O=C(O)[C@@H](CC1CCC1)N1C[C@H](CN2CCC(c3cn4cccnc4n3)CC2)[C@@H](c2cccc(F)c2)C1. The first-order chi connectivity index (χ1) is 18.0. The molecule has 0 spiro atoms. The second-order valence-corrected chi connectivity index (χ2v) is 11.3. The normalized spacial score (nSPS) is 24.9. The van der Waals surface area contributed by atoms with Gasteiger partial charge in [-0.25, -0.2) is 14.4 Å². The third-order valence-electron chi connectivity index (χ3n) is 9.01. The van der Waals surface area contributed by atoms with Crippen LogP contribution in [0.15, 0.2) is 48.9 Å². The van der Waals surface area contributed by atoms with Gasteiger partial charge in [0.1, 0.15) is 11.9 Å². The molecule has 6 rings (SSSR count). The maximum Gasteiger partial charge on any atom is 0.320 e. The molecule has 8 heteroatoms. The summed E-state index contributed by atoms with van der Waals surface area (Å²) < 4.78 is 16.2. The number of carbonyl (C=O) groups is 1. The van der Waals surface area contributed by atoms with Crippen LogP contribution in [0.3, 0.4) is 0 Å². The average Bonchev–Trinajstić information content (AvgIpc) is 3.48. The van der Waals surface area contributed by atoms with Crippen LogP contribution in [0.25, 0.3) is 5.78 Å². The van der Waals surface area contributed by atoms with Crippen LogP contribution in [0.5, 0.6) is 0 Å². The Bertz CT molecular complexity index is 1200. The summed E-state index contributed by atoms with van der Waals surface area (Å²) >= 11 is 0. The number of carboxylic acid groups (broad SMARTS) is 1. The molecule has 1 aromatic carbocycles. The number of rotatable bonds is 8. The zero-order valence-electron chi connectivity index (χ0n) is 21.3. The number of imidazole rings is 1. The van der Waals surface area contributed by atoms with Crippen LogP contribution >= 0.6 is 0 Å². The molecule has 196 valence electrons. The molecule has 0 radical (unpaired) electrons. The molecular formula is C29H36FN5O2. The van der Waals surface area contributed by atoms with E-state index in [2.05, 4.69) is 21.0 Å². The zero-order chi connectivity index (χ0) is 25.4. The molecule has 3 atom stereocenters. The quantitative estimate of drug-likeness (QED) is 0.489. The molecule has 1 N–H and O–H groups in total. The smallest absolute Gasteiger partial charge is 0.320 e. The Morgan fingerprint density at radius 3 is 2.68 bits per heavy atom.